The van der Waals surface area contributed by atoms with Gasteiger partial charge < -0.3 is 4.74 Å². The first-order chi connectivity index (χ1) is 6.68. The highest BCUT2D eigenvalue weighted by atomic mass is 28.3. The van der Waals surface area contributed by atoms with Gasteiger partial charge in [0.1, 0.15) is 5.75 Å². The summed E-state index contributed by atoms with van der Waals surface area (Å²) in [6.45, 7) is 6.39. The lowest BCUT2D eigenvalue weighted by Crippen LogP contribution is -2.37. The average Bonchev–Trinajstić information content (AvgIpc) is 2.00. The Balaban J connectivity index is 2.82. The minimum Gasteiger partial charge on any atom is -0.406 e. The van der Waals surface area contributed by atoms with E-state index in [9.17, 15) is 13.2 Å². The molecule has 0 atom stereocenters. The minimum absolute atomic E-state index is 0.162. The van der Waals surface area contributed by atoms with Crippen molar-refractivity contribution in [3.63, 3.8) is 0 Å². The molecule has 0 heterocycles. The second-order valence-electron chi connectivity index (χ2n) is 4.32. The molecule has 0 radical (unpaired) electrons. The lowest BCUT2D eigenvalue weighted by Gasteiger charge is -2.17. The average molecular weight is 234 g/mol. The van der Waals surface area contributed by atoms with E-state index < -0.39 is 14.4 Å². The van der Waals surface area contributed by atoms with Gasteiger partial charge in [0, 0.05) is 0 Å². The molecule has 15 heavy (non-hydrogen) atoms. The molecular weight excluding hydrogens is 221 g/mol. The van der Waals surface area contributed by atoms with Crippen molar-refractivity contribution in [3.05, 3.63) is 24.3 Å². The van der Waals surface area contributed by atoms with Gasteiger partial charge in [-0.3, -0.25) is 0 Å². The Kier molecular flexibility index (Phi) is 3.13. The number of halogens is 3. The third-order valence-electron chi connectivity index (χ3n) is 1.95. The second kappa shape index (κ2) is 3.88. The molecule has 0 bridgehead atoms. The molecule has 0 aromatic heterocycles. The third kappa shape index (κ3) is 3.95. The fourth-order valence-corrected chi connectivity index (χ4v) is 2.32. The number of benzene rings is 1. The van der Waals surface area contributed by atoms with Crippen molar-refractivity contribution in [1.29, 1.82) is 0 Å². The Bertz CT molecular complexity index is 324. The largest absolute Gasteiger partial charge is 0.573 e. The molecule has 0 fully saturated rings. The van der Waals surface area contributed by atoms with Gasteiger partial charge in [-0.1, -0.05) is 37.0 Å². The maximum Gasteiger partial charge on any atom is 0.573 e. The predicted octanol–water partition coefficient (Wildman–Crippen LogP) is 3.13. The van der Waals surface area contributed by atoms with Crippen LogP contribution in [0.25, 0.3) is 0 Å². The number of alkyl halides is 3. The van der Waals surface area contributed by atoms with Gasteiger partial charge in [-0.05, 0) is 12.1 Å². The van der Waals surface area contributed by atoms with Crippen molar-refractivity contribution in [2.24, 2.45) is 0 Å². The van der Waals surface area contributed by atoms with Crippen molar-refractivity contribution in [3.8, 4) is 5.75 Å². The smallest absolute Gasteiger partial charge is 0.406 e. The first-order valence-electron chi connectivity index (χ1n) is 4.55. The van der Waals surface area contributed by atoms with E-state index in [-0.39, 0.29) is 5.75 Å². The molecule has 0 spiro atoms. The van der Waals surface area contributed by atoms with E-state index in [0.29, 0.717) is 0 Å². The van der Waals surface area contributed by atoms with Crippen LogP contribution in [0.4, 0.5) is 13.2 Å². The number of hydrogen-bond donors (Lipinski definition) is 0. The number of hydrogen-bond acceptors (Lipinski definition) is 1. The van der Waals surface area contributed by atoms with Crippen LogP contribution in [0.5, 0.6) is 5.75 Å². The zero-order valence-corrected chi connectivity index (χ0v) is 9.85. The van der Waals surface area contributed by atoms with Gasteiger partial charge >= 0.3 is 6.36 Å². The summed E-state index contributed by atoms with van der Waals surface area (Å²) in [6, 6.07) is 6.13. The zero-order valence-electron chi connectivity index (χ0n) is 8.85. The van der Waals surface area contributed by atoms with E-state index in [0.717, 1.165) is 5.19 Å². The molecule has 0 aliphatic heterocycles. The van der Waals surface area contributed by atoms with Crippen molar-refractivity contribution in [2.75, 3.05) is 0 Å². The maximum absolute atomic E-state index is 11.9. The Labute approximate surface area is 87.9 Å². The molecule has 0 amide bonds. The van der Waals surface area contributed by atoms with E-state index in [1.54, 1.807) is 12.1 Å². The molecule has 1 rings (SSSR count). The summed E-state index contributed by atoms with van der Waals surface area (Å²) in [5.74, 6) is -0.162. The van der Waals surface area contributed by atoms with Crippen molar-refractivity contribution in [2.45, 2.75) is 26.0 Å². The van der Waals surface area contributed by atoms with E-state index in [1.165, 1.54) is 12.1 Å². The summed E-state index contributed by atoms with van der Waals surface area (Å²) in [4.78, 5) is 0. The monoisotopic (exact) mass is 234 g/mol. The van der Waals surface area contributed by atoms with Gasteiger partial charge in [-0.15, -0.1) is 13.2 Å². The molecule has 1 aromatic carbocycles. The topological polar surface area (TPSA) is 9.23 Å². The lowest BCUT2D eigenvalue weighted by molar-refractivity contribution is -0.274. The molecule has 0 saturated carbocycles. The summed E-state index contributed by atoms with van der Waals surface area (Å²) in [5, 5.41) is 1.11. The predicted molar refractivity (Wildman–Crippen MR) is 56.1 cm³/mol. The number of rotatable bonds is 2. The molecular formula is C10H13F3OSi. The van der Waals surface area contributed by atoms with Crippen LogP contribution in [-0.2, 0) is 0 Å². The second-order valence-corrected chi connectivity index (χ2v) is 9.40. The van der Waals surface area contributed by atoms with Gasteiger partial charge in [0.05, 0.1) is 8.07 Å². The Morgan fingerprint density at radius 2 is 1.47 bits per heavy atom. The van der Waals surface area contributed by atoms with Crippen LogP contribution in [0.1, 0.15) is 0 Å². The van der Waals surface area contributed by atoms with Gasteiger partial charge in [-0.25, -0.2) is 0 Å². The molecule has 0 aliphatic carbocycles. The third-order valence-corrected chi connectivity index (χ3v) is 4.02. The molecule has 0 N–H and O–H groups in total. The molecule has 0 unspecified atom stereocenters. The highest BCUT2D eigenvalue weighted by molar-refractivity contribution is 6.88. The van der Waals surface area contributed by atoms with Crippen LogP contribution in [0.3, 0.4) is 0 Å². The summed E-state index contributed by atoms with van der Waals surface area (Å²) in [6.07, 6.45) is -4.61. The lowest BCUT2D eigenvalue weighted by atomic mass is 10.3. The van der Waals surface area contributed by atoms with Crippen LogP contribution in [0, 0.1) is 0 Å². The SMILES string of the molecule is C[Si](C)(C)c1ccc(OC(F)(F)F)cc1. The Morgan fingerprint density at radius 1 is 1.00 bits per heavy atom. The molecule has 84 valence electrons. The normalized spacial score (nSPS) is 12.7. The first kappa shape index (κ1) is 12.1. The van der Waals surface area contributed by atoms with Crippen LogP contribution in [-0.4, -0.2) is 14.4 Å². The van der Waals surface area contributed by atoms with Crippen LogP contribution < -0.4 is 9.92 Å². The van der Waals surface area contributed by atoms with Gasteiger partial charge in [-0.2, -0.15) is 0 Å². The fraction of sp³-hybridized carbons (Fsp3) is 0.400. The molecule has 1 nitrogen and oxygen atoms in total. The van der Waals surface area contributed by atoms with E-state index in [2.05, 4.69) is 24.4 Å². The van der Waals surface area contributed by atoms with Crippen LogP contribution in [0.15, 0.2) is 24.3 Å². The van der Waals surface area contributed by atoms with E-state index in [1.807, 2.05) is 0 Å². The number of ether oxygens (including phenoxy) is 1. The van der Waals surface area contributed by atoms with Gasteiger partial charge in [0.25, 0.3) is 0 Å². The maximum atomic E-state index is 11.9. The first-order valence-corrected chi connectivity index (χ1v) is 8.05. The summed E-state index contributed by atoms with van der Waals surface area (Å²) in [7, 11) is -1.45. The van der Waals surface area contributed by atoms with Crippen LogP contribution >= 0.6 is 0 Å². The molecule has 0 aliphatic rings. The zero-order chi connectivity index (χ0) is 11.7. The van der Waals surface area contributed by atoms with Crippen molar-refractivity contribution < 1.29 is 17.9 Å². The van der Waals surface area contributed by atoms with E-state index in [4.69, 9.17) is 0 Å². The molecule has 5 heteroatoms. The summed E-state index contributed by atoms with van der Waals surface area (Å²) in [5.41, 5.74) is 0. The van der Waals surface area contributed by atoms with E-state index >= 15 is 0 Å². The van der Waals surface area contributed by atoms with Gasteiger partial charge in [0.15, 0.2) is 0 Å². The molecule has 1 aromatic rings. The fourth-order valence-electron chi connectivity index (χ4n) is 1.16. The standard InChI is InChI=1S/C10H13F3OSi/c1-15(2,3)9-6-4-8(5-7-9)14-10(11,12)13/h4-7H,1-3H3. The highest BCUT2D eigenvalue weighted by Crippen LogP contribution is 2.21. The Morgan fingerprint density at radius 3 is 1.80 bits per heavy atom. The van der Waals surface area contributed by atoms with Crippen molar-refractivity contribution >= 4 is 13.3 Å². The Hall–Kier alpha value is -0.973. The molecule has 0 saturated heterocycles. The minimum atomic E-state index is -4.61. The highest BCUT2D eigenvalue weighted by Gasteiger charge is 2.31. The quantitative estimate of drug-likeness (QED) is 0.714. The summed E-state index contributed by atoms with van der Waals surface area (Å²) >= 11 is 0. The van der Waals surface area contributed by atoms with Gasteiger partial charge in [0.2, 0.25) is 0 Å². The van der Waals surface area contributed by atoms with Crippen LogP contribution in [0.2, 0.25) is 19.6 Å². The van der Waals surface area contributed by atoms with Crippen molar-refractivity contribution in [1.82, 2.24) is 0 Å². The summed E-state index contributed by atoms with van der Waals surface area (Å²) < 4.78 is 39.4.